The van der Waals surface area contributed by atoms with Gasteiger partial charge in [0.1, 0.15) is 6.04 Å². The van der Waals surface area contributed by atoms with E-state index in [0.717, 1.165) is 12.8 Å². The first-order chi connectivity index (χ1) is 8.31. The van der Waals surface area contributed by atoms with Crippen LogP contribution >= 0.6 is 0 Å². The van der Waals surface area contributed by atoms with Gasteiger partial charge in [-0.25, -0.2) is 9.59 Å². The first-order valence-corrected chi connectivity index (χ1v) is 6.19. The molecule has 0 saturated carbocycles. The molecule has 0 spiro atoms. The number of hydrogen-bond donors (Lipinski definition) is 2. The minimum Gasteiger partial charge on any atom is -0.480 e. The molecule has 1 fully saturated rings. The van der Waals surface area contributed by atoms with Crippen LogP contribution in [0.5, 0.6) is 0 Å². The summed E-state index contributed by atoms with van der Waals surface area (Å²) in [5.74, 6) is -0.960. The van der Waals surface area contributed by atoms with Gasteiger partial charge in [-0.15, -0.1) is 0 Å². The zero-order valence-corrected chi connectivity index (χ0v) is 11.2. The highest BCUT2D eigenvalue weighted by atomic mass is 16.4. The first-order valence-electron chi connectivity index (χ1n) is 6.19. The van der Waals surface area contributed by atoms with Crippen LogP contribution in [-0.4, -0.2) is 63.8 Å². The summed E-state index contributed by atoms with van der Waals surface area (Å²) in [5, 5.41) is 18.4. The Balaban J connectivity index is 2.84. The number of aliphatic hydroxyl groups excluding tert-OH is 1. The fourth-order valence-electron chi connectivity index (χ4n) is 1.97. The fourth-order valence-corrected chi connectivity index (χ4v) is 1.97. The molecule has 6 heteroatoms. The molecule has 0 aliphatic carbocycles. The molecule has 1 heterocycles. The number of hydrogen-bond acceptors (Lipinski definition) is 3. The normalized spacial score (nSPS) is 20.7. The maximum atomic E-state index is 12.3. The minimum atomic E-state index is -0.960. The van der Waals surface area contributed by atoms with Crippen molar-refractivity contribution in [2.24, 2.45) is 0 Å². The number of carbonyl (C=O) groups excluding carboxylic acids is 1. The number of urea groups is 1. The molecule has 104 valence electrons. The number of likely N-dealkylation sites (tertiary alicyclic amines) is 1. The molecule has 0 bridgehead atoms. The lowest BCUT2D eigenvalue weighted by Crippen LogP contribution is -2.57. The van der Waals surface area contributed by atoms with Crippen LogP contribution in [0.4, 0.5) is 4.79 Å². The van der Waals surface area contributed by atoms with E-state index in [-0.39, 0.29) is 12.6 Å². The number of nitrogens with zero attached hydrogens (tertiary/aromatic N) is 2. The van der Waals surface area contributed by atoms with Gasteiger partial charge in [-0.2, -0.15) is 0 Å². The van der Waals surface area contributed by atoms with Crippen molar-refractivity contribution in [1.29, 1.82) is 0 Å². The molecule has 0 aromatic rings. The number of likely N-dealkylation sites (N-methyl/N-ethyl adjacent to an activating group) is 1. The van der Waals surface area contributed by atoms with Gasteiger partial charge in [0.15, 0.2) is 0 Å². The third kappa shape index (κ3) is 2.93. The number of carboxylic acid groups (broad SMARTS) is 1. The molecule has 1 unspecified atom stereocenters. The third-order valence-electron chi connectivity index (χ3n) is 3.62. The summed E-state index contributed by atoms with van der Waals surface area (Å²) >= 11 is 0. The lowest BCUT2D eigenvalue weighted by molar-refractivity contribution is -0.143. The molecule has 1 aliphatic rings. The van der Waals surface area contributed by atoms with Crippen molar-refractivity contribution >= 4 is 12.0 Å². The standard InChI is InChI=1S/C12H22N2O4/c1-12(2,8-15)13(3)11(18)14-7-5-4-6-9(14)10(16)17/h9,15H,4-8H2,1-3H3,(H,16,17). The van der Waals surface area contributed by atoms with Crippen molar-refractivity contribution in [3.8, 4) is 0 Å². The van der Waals surface area contributed by atoms with Crippen molar-refractivity contribution in [3.05, 3.63) is 0 Å². The Kier molecular flexibility index (Phi) is 4.56. The van der Waals surface area contributed by atoms with Gasteiger partial charge >= 0.3 is 12.0 Å². The van der Waals surface area contributed by atoms with Crippen LogP contribution in [0.1, 0.15) is 33.1 Å². The van der Waals surface area contributed by atoms with Gasteiger partial charge in [0.05, 0.1) is 12.1 Å². The Morgan fingerprint density at radius 2 is 2.00 bits per heavy atom. The van der Waals surface area contributed by atoms with Crippen molar-refractivity contribution < 1.29 is 19.8 Å². The van der Waals surface area contributed by atoms with E-state index in [0.29, 0.717) is 13.0 Å². The molecule has 0 aromatic heterocycles. The number of rotatable bonds is 3. The van der Waals surface area contributed by atoms with Crippen LogP contribution in [0.2, 0.25) is 0 Å². The van der Waals surface area contributed by atoms with Gasteiger partial charge in [-0.3, -0.25) is 0 Å². The van der Waals surface area contributed by atoms with Gasteiger partial charge in [0.2, 0.25) is 0 Å². The Hall–Kier alpha value is -1.30. The molecule has 2 amide bonds. The highest BCUT2D eigenvalue weighted by Gasteiger charge is 2.37. The molecule has 1 rings (SSSR count). The van der Waals surface area contributed by atoms with Crippen molar-refractivity contribution in [3.63, 3.8) is 0 Å². The van der Waals surface area contributed by atoms with Crippen molar-refractivity contribution in [1.82, 2.24) is 9.80 Å². The predicted octanol–water partition coefficient (Wildman–Crippen LogP) is 0.748. The van der Waals surface area contributed by atoms with Gasteiger partial charge in [-0.1, -0.05) is 0 Å². The minimum absolute atomic E-state index is 0.166. The zero-order valence-electron chi connectivity index (χ0n) is 11.2. The highest BCUT2D eigenvalue weighted by Crippen LogP contribution is 2.21. The lowest BCUT2D eigenvalue weighted by Gasteiger charge is -2.41. The van der Waals surface area contributed by atoms with E-state index >= 15 is 0 Å². The Morgan fingerprint density at radius 1 is 1.39 bits per heavy atom. The van der Waals surface area contributed by atoms with Crippen LogP contribution in [0.25, 0.3) is 0 Å². The van der Waals surface area contributed by atoms with Crippen molar-refractivity contribution in [2.75, 3.05) is 20.2 Å². The maximum absolute atomic E-state index is 12.3. The number of aliphatic hydroxyl groups is 1. The number of carbonyl (C=O) groups is 2. The molecular formula is C12H22N2O4. The molecule has 0 aromatic carbocycles. The molecule has 2 N–H and O–H groups in total. The molecule has 6 nitrogen and oxygen atoms in total. The Morgan fingerprint density at radius 3 is 2.50 bits per heavy atom. The van der Waals surface area contributed by atoms with Gasteiger partial charge in [-0.05, 0) is 33.1 Å². The van der Waals surface area contributed by atoms with Gasteiger partial charge in [0, 0.05) is 13.6 Å². The summed E-state index contributed by atoms with van der Waals surface area (Å²) < 4.78 is 0. The number of carboxylic acids is 1. The monoisotopic (exact) mass is 258 g/mol. The van der Waals surface area contributed by atoms with E-state index in [4.69, 9.17) is 5.11 Å². The summed E-state index contributed by atoms with van der Waals surface area (Å²) in [4.78, 5) is 26.2. The SMILES string of the molecule is CN(C(=O)N1CCCCC1C(=O)O)C(C)(C)CO. The van der Waals surface area contributed by atoms with E-state index in [2.05, 4.69) is 0 Å². The summed E-state index contributed by atoms with van der Waals surface area (Å²) in [6.45, 7) is 3.78. The number of aliphatic carboxylic acids is 1. The second-order valence-electron chi connectivity index (χ2n) is 5.36. The molecular weight excluding hydrogens is 236 g/mol. The van der Waals surface area contributed by atoms with E-state index in [1.54, 1.807) is 20.9 Å². The van der Waals surface area contributed by atoms with Crippen molar-refractivity contribution in [2.45, 2.75) is 44.7 Å². The number of amides is 2. The predicted molar refractivity (Wildman–Crippen MR) is 66.3 cm³/mol. The third-order valence-corrected chi connectivity index (χ3v) is 3.62. The van der Waals surface area contributed by atoms with Gasteiger partial charge in [0.25, 0.3) is 0 Å². The summed E-state index contributed by atoms with van der Waals surface area (Å²) in [6.07, 6.45) is 2.14. The van der Waals surface area contributed by atoms with Crippen LogP contribution < -0.4 is 0 Å². The van der Waals surface area contributed by atoms with Crippen LogP contribution in [0.3, 0.4) is 0 Å². The summed E-state index contributed by atoms with van der Waals surface area (Å²) in [5.41, 5.74) is -0.697. The van der Waals surface area contributed by atoms with Crippen LogP contribution in [-0.2, 0) is 4.79 Å². The Labute approximate surface area is 107 Å². The van der Waals surface area contributed by atoms with Crippen LogP contribution in [0, 0.1) is 0 Å². The number of piperidine rings is 1. The largest absolute Gasteiger partial charge is 0.480 e. The summed E-state index contributed by atoms with van der Waals surface area (Å²) in [6, 6.07) is -1.08. The second kappa shape index (κ2) is 5.56. The van der Waals surface area contributed by atoms with E-state index in [1.165, 1.54) is 9.80 Å². The maximum Gasteiger partial charge on any atom is 0.326 e. The quantitative estimate of drug-likeness (QED) is 0.782. The molecule has 1 saturated heterocycles. The highest BCUT2D eigenvalue weighted by molar-refractivity contribution is 5.83. The molecule has 18 heavy (non-hydrogen) atoms. The zero-order chi connectivity index (χ0) is 13.9. The average Bonchev–Trinajstić information content (AvgIpc) is 2.36. The lowest BCUT2D eigenvalue weighted by atomic mass is 10.0. The van der Waals surface area contributed by atoms with E-state index in [9.17, 15) is 14.7 Å². The van der Waals surface area contributed by atoms with E-state index in [1.807, 2.05) is 0 Å². The average molecular weight is 258 g/mol. The summed E-state index contributed by atoms with van der Waals surface area (Å²) in [7, 11) is 1.59. The van der Waals surface area contributed by atoms with Crippen LogP contribution in [0.15, 0.2) is 0 Å². The smallest absolute Gasteiger partial charge is 0.326 e. The van der Waals surface area contributed by atoms with E-state index < -0.39 is 17.6 Å². The second-order valence-corrected chi connectivity index (χ2v) is 5.36. The molecule has 1 aliphatic heterocycles. The topological polar surface area (TPSA) is 81.1 Å². The molecule has 0 radical (unpaired) electrons. The Bertz CT molecular complexity index is 330. The molecule has 1 atom stereocenters. The van der Waals surface area contributed by atoms with Gasteiger partial charge < -0.3 is 20.0 Å². The first kappa shape index (κ1) is 14.8. The fraction of sp³-hybridized carbons (Fsp3) is 0.833.